The summed E-state index contributed by atoms with van der Waals surface area (Å²) in [5, 5.41) is 7.65. The van der Waals surface area contributed by atoms with Gasteiger partial charge in [-0.25, -0.2) is 4.98 Å². The Bertz CT molecular complexity index is 282. The van der Waals surface area contributed by atoms with Gasteiger partial charge in [0.1, 0.15) is 12.2 Å². The van der Waals surface area contributed by atoms with Crippen molar-refractivity contribution in [3.05, 3.63) is 12.2 Å². The largest absolute Gasteiger partial charge is 0.314 e. The second-order valence-corrected chi connectivity index (χ2v) is 4.25. The summed E-state index contributed by atoms with van der Waals surface area (Å²) in [6.45, 7) is 5.48. The van der Waals surface area contributed by atoms with Gasteiger partial charge in [0.15, 0.2) is 0 Å². The van der Waals surface area contributed by atoms with Gasteiger partial charge in [-0.15, -0.1) is 0 Å². The van der Waals surface area contributed by atoms with Gasteiger partial charge < -0.3 is 5.32 Å². The fourth-order valence-electron chi connectivity index (χ4n) is 1.84. The van der Waals surface area contributed by atoms with Crippen LogP contribution in [-0.4, -0.2) is 27.4 Å². The van der Waals surface area contributed by atoms with Gasteiger partial charge in [-0.2, -0.15) is 5.10 Å². The zero-order valence-electron chi connectivity index (χ0n) is 10.7. The lowest BCUT2D eigenvalue weighted by molar-refractivity contribution is 0.452. The van der Waals surface area contributed by atoms with Crippen LogP contribution in [0.25, 0.3) is 0 Å². The van der Waals surface area contributed by atoms with Gasteiger partial charge in [0.2, 0.25) is 0 Å². The third kappa shape index (κ3) is 4.31. The Hall–Kier alpha value is -0.900. The van der Waals surface area contributed by atoms with Crippen LogP contribution < -0.4 is 5.32 Å². The monoisotopic (exact) mass is 224 g/mol. The number of hydrogen-bond acceptors (Lipinski definition) is 3. The third-order valence-electron chi connectivity index (χ3n) is 2.99. The van der Waals surface area contributed by atoms with E-state index in [0.717, 1.165) is 18.8 Å². The molecule has 1 aromatic rings. The topological polar surface area (TPSA) is 42.7 Å². The standard InChI is InChI=1S/C12H24N4/c1-4-6-7-11(5-2)13-9-8-12-14-10-15-16(12)3/h10-11,13H,4-9H2,1-3H3. The van der Waals surface area contributed by atoms with Crippen molar-refractivity contribution in [3.63, 3.8) is 0 Å². The Balaban J connectivity index is 2.20. The minimum atomic E-state index is 0.660. The minimum Gasteiger partial charge on any atom is -0.314 e. The number of unbranched alkanes of at least 4 members (excludes halogenated alkanes) is 1. The fraction of sp³-hybridized carbons (Fsp3) is 0.833. The van der Waals surface area contributed by atoms with E-state index >= 15 is 0 Å². The quantitative estimate of drug-likeness (QED) is 0.733. The van der Waals surface area contributed by atoms with Crippen LogP contribution >= 0.6 is 0 Å². The normalized spacial score (nSPS) is 12.9. The van der Waals surface area contributed by atoms with Crippen molar-refractivity contribution in [2.24, 2.45) is 7.05 Å². The lowest BCUT2D eigenvalue weighted by atomic mass is 10.1. The molecule has 1 N–H and O–H groups in total. The predicted molar refractivity (Wildman–Crippen MR) is 66.3 cm³/mol. The van der Waals surface area contributed by atoms with E-state index in [4.69, 9.17) is 0 Å². The fourth-order valence-corrected chi connectivity index (χ4v) is 1.84. The maximum absolute atomic E-state index is 4.21. The Kier molecular flexibility index (Phi) is 6.08. The van der Waals surface area contributed by atoms with Gasteiger partial charge in [-0.05, 0) is 12.8 Å². The molecule has 0 radical (unpaired) electrons. The molecule has 0 aromatic carbocycles. The first-order chi connectivity index (χ1) is 7.77. The van der Waals surface area contributed by atoms with Crippen LogP contribution in [0.4, 0.5) is 0 Å². The van der Waals surface area contributed by atoms with Crippen molar-refractivity contribution in [2.75, 3.05) is 6.54 Å². The van der Waals surface area contributed by atoms with Crippen LogP contribution in [0.1, 0.15) is 45.4 Å². The van der Waals surface area contributed by atoms with E-state index in [2.05, 4.69) is 29.2 Å². The highest BCUT2D eigenvalue weighted by Gasteiger charge is 2.05. The zero-order chi connectivity index (χ0) is 11.8. The van der Waals surface area contributed by atoms with E-state index in [0.29, 0.717) is 6.04 Å². The van der Waals surface area contributed by atoms with E-state index in [9.17, 15) is 0 Å². The van der Waals surface area contributed by atoms with Crippen LogP contribution in [0.5, 0.6) is 0 Å². The highest BCUT2D eigenvalue weighted by molar-refractivity contribution is 4.84. The molecule has 4 nitrogen and oxygen atoms in total. The Morgan fingerprint density at radius 2 is 2.25 bits per heavy atom. The summed E-state index contributed by atoms with van der Waals surface area (Å²) < 4.78 is 1.84. The molecule has 92 valence electrons. The SMILES string of the molecule is CCCCC(CC)NCCc1ncnn1C. The summed E-state index contributed by atoms with van der Waals surface area (Å²) >= 11 is 0. The highest BCUT2D eigenvalue weighted by atomic mass is 15.3. The van der Waals surface area contributed by atoms with Crippen molar-refractivity contribution in [1.82, 2.24) is 20.1 Å². The Morgan fingerprint density at radius 3 is 2.81 bits per heavy atom. The van der Waals surface area contributed by atoms with Gasteiger partial charge in [-0.3, -0.25) is 4.68 Å². The molecule has 4 heteroatoms. The first-order valence-corrected chi connectivity index (χ1v) is 6.34. The molecule has 0 spiro atoms. The van der Waals surface area contributed by atoms with Crippen molar-refractivity contribution >= 4 is 0 Å². The van der Waals surface area contributed by atoms with Crippen molar-refractivity contribution in [3.8, 4) is 0 Å². The molecule has 1 atom stereocenters. The molecule has 1 unspecified atom stereocenters. The van der Waals surface area contributed by atoms with Gasteiger partial charge >= 0.3 is 0 Å². The summed E-state index contributed by atoms with van der Waals surface area (Å²) in [6, 6.07) is 0.660. The van der Waals surface area contributed by atoms with Gasteiger partial charge in [-0.1, -0.05) is 26.7 Å². The second-order valence-electron chi connectivity index (χ2n) is 4.25. The summed E-state index contributed by atoms with van der Waals surface area (Å²) in [4.78, 5) is 4.21. The number of nitrogens with zero attached hydrogens (tertiary/aromatic N) is 3. The maximum Gasteiger partial charge on any atom is 0.138 e. The number of hydrogen-bond donors (Lipinski definition) is 1. The van der Waals surface area contributed by atoms with Gasteiger partial charge in [0, 0.05) is 26.1 Å². The van der Waals surface area contributed by atoms with Crippen LogP contribution in [0.3, 0.4) is 0 Å². The molecule has 0 saturated carbocycles. The zero-order valence-corrected chi connectivity index (χ0v) is 10.7. The van der Waals surface area contributed by atoms with Crippen molar-refractivity contribution in [2.45, 2.75) is 52.0 Å². The molecule has 0 aliphatic carbocycles. The minimum absolute atomic E-state index is 0.660. The predicted octanol–water partition coefficient (Wildman–Crippen LogP) is 1.92. The first kappa shape index (κ1) is 13.2. The van der Waals surface area contributed by atoms with Gasteiger partial charge in [0.25, 0.3) is 0 Å². The van der Waals surface area contributed by atoms with Crippen LogP contribution in [0.2, 0.25) is 0 Å². The molecule has 1 aromatic heterocycles. The maximum atomic E-state index is 4.21. The molecule has 0 amide bonds. The van der Waals surface area contributed by atoms with Crippen LogP contribution in [0, 0.1) is 0 Å². The molecule has 1 heterocycles. The van der Waals surface area contributed by atoms with Gasteiger partial charge in [0.05, 0.1) is 0 Å². The summed E-state index contributed by atoms with van der Waals surface area (Å²) in [7, 11) is 1.94. The molecule has 16 heavy (non-hydrogen) atoms. The average molecular weight is 224 g/mol. The number of aromatic nitrogens is 3. The average Bonchev–Trinajstić information content (AvgIpc) is 2.69. The molecule has 1 rings (SSSR count). The van der Waals surface area contributed by atoms with Crippen LogP contribution in [0.15, 0.2) is 6.33 Å². The lowest BCUT2D eigenvalue weighted by Gasteiger charge is -2.16. The van der Waals surface area contributed by atoms with E-state index in [1.165, 1.54) is 25.7 Å². The smallest absolute Gasteiger partial charge is 0.138 e. The first-order valence-electron chi connectivity index (χ1n) is 6.34. The third-order valence-corrected chi connectivity index (χ3v) is 2.99. The van der Waals surface area contributed by atoms with E-state index in [1.807, 2.05) is 11.7 Å². The molecule has 0 fully saturated rings. The molecule has 0 saturated heterocycles. The lowest BCUT2D eigenvalue weighted by Crippen LogP contribution is -2.30. The van der Waals surface area contributed by atoms with E-state index in [-0.39, 0.29) is 0 Å². The Morgan fingerprint density at radius 1 is 1.44 bits per heavy atom. The Labute approximate surface area is 98.5 Å². The van der Waals surface area contributed by atoms with E-state index < -0.39 is 0 Å². The summed E-state index contributed by atoms with van der Waals surface area (Å²) in [5.74, 6) is 1.05. The summed E-state index contributed by atoms with van der Waals surface area (Å²) in [6.07, 6.45) is 7.66. The molecular weight excluding hydrogens is 200 g/mol. The summed E-state index contributed by atoms with van der Waals surface area (Å²) in [5.41, 5.74) is 0. The second kappa shape index (κ2) is 7.39. The number of aryl methyl sites for hydroxylation is 1. The number of rotatable bonds is 8. The molecule has 0 aliphatic heterocycles. The van der Waals surface area contributed by atoms with Crippen LogP contribution in [-0.2, 0) is 13.5 Å². The van der Waals surface area contributed by atoms with Crippen molar-refractivity contribution < 1.29 is 0 Å². The highest BCUT2D eigenvalue weighted by Crippen LogP contribution is 2.04. The van der Waals surface area contributed by atoms with E-state index in [1.54, 1.807) is 6.33 Å². The van der Waals surface area contributed by atoms with Crippen molar-refractivity contribution in [1.29, 1.82) is 0 Å². The molecular formula is C12H24N4. The molecule has 0 aliphatic rings. The molecule has 0 bridgehead atoms. The number of nitrogens with one attached hydrogen (secondary N) is 1.